The molecule has 5 aliphatic heterocycles. The number of carboxylic acids is 3. The summed E-state index contributed by atoms with van der Waals surface area (Å²) in [5, 5.41) is 39.4. The van der Waals surface area contributed by atoms with E-state index in [1.807, 2.05) is 77.1 Å². The van der Waals surface area contributed by atoms with Crippen LogP contribution in [0, 0.1) is 27.7 Å². The van der Waals surface area contributed by atoms with Crippen molar-refractivity contribution in [1.82, 2.24) is 55.8 Å². The van der Waals surface area contributed by atoms with Crippen LogP contribution in [0.1, 0.15) is 241 Å². The molecule has 0 radical (unpaired) electrons. The van der Waals surface area contributed by atoms with Crippen molar-refractivity contribution in [3.8, 4) is 0 Å². The zero-order valence-electron chi connectivity index (χ0n) is 61.1. The first kappa shape index (κ1) is 76.3. The summed E-state index contributed by atoms with van der Waals surface area (Å²) in [4.78, 5) is 110. The average Bonchev–Trinajstić information content (AvgIpc) is 1.60. The van der Waals surface area contributed by atoms with E-state index in [1.54, 1.807) is 13.0 Å². The van der Waals surface area contributed by atoms with Crippen LogP contribution in [-0.2, 0) is 49.6 Å². The van der Waals surface area contributed by atoms with Crippen molar-refractivity contribution in [2.45, 2.75) is 184 Å². The molecule has 0 aliphatic carbocycles. The minimum Gasteiger partial charge on any atom is -0.481 e. The number of amides is 1. The Hall–Kier alpha value is -9.90. The third-order valence-corrected chi connectivity index (χ3v) is 20.5. The number of ether oxygens (including phenoxy) is 1. The molecule has 1 amide bonds. The first-order valence-corrected chi connectivity index (χ1v) is 35.8. The molecule has 16 bridgehead atoms. The number of esters is 2. The van der Waals surface area contributed by atoms with Gasteiger partial charge in [0.15, 0.2) is 0 Å². The largest absolute Gasteiger partial charge is 0.481 e. The van der Waals surface area contributed by atoms with Crippen molar-refractivity contribution in [3.05, 3.63) is 163 Å². The molecule has 11 rings (SSSR count). The zero-order valence-corrected chi connectivity index (χ0v) is 61.1. The summed E-state index contributed by atoms with van der Waals surface area (Å²) in [5.74, 6) is -5.72. The SMILES string of the molecule is C=CC1=C(C)c2cc3nc(c(CC(=O)NCCNCCCC)c4[nH]c(cc5[nH]c(cc1n2)c(C)c5CC)c(C)c4C(=O)O)[C@@H](CCC(=O)O)[C@@H]3C.C=CC1=C(C)c2cc3nc(c4c5[nH]c(cc6[nH]c(cc1n2)c(C)c6CC)c(C)c5C(=O)OC(=O)C4)[C@@H](CCC(=O)O)[C@@H]3C.CCCCNCCN. The molecule has 102 heavy (non-hydrogen) atoms. The van der Waals surface area contributed by atoms with Crippen LogP contribution in [0.3, 0.4) is 0 Å². The topological polar surface area (TPSA) is 349 Å². The van der Waals surface area contributed by atoms with Gasteiger partial charge < -0.3 is 61.7 Å². The van der Waals surface area contributed by atoms with Gasteiger partial charge in [0.25, 0.3) is 0 Å². The number of aliphatic carboxylic acids is 2. The van der Waals surface area contributed by atoms with Gasteiger partial charge in [-0.3, -0.25) is 29.1 Å². The zero-order chi connectivity index (χ0) is 74.0. The van der Waals surface area contributed by atoms with Gasteiger partial charge in [0.05, 0.1) is 69.2 Å². The Morgan fingerprint density at radius 2 is 1.06 bits per heavy atom. The van der Waals surface area contributed by atoms with Crippen LogP contribution >= 0.6 is 0 Å². The van der Waals surface area contributed by atoms with Gasteiger partial charge >= 0.3 is 29.8 Å². The van der Waals surface area contributed by atoms with E-state index in [2.05, 4.69) is 90.6 Å². The van der Waals surface area contributed by atoms with Crippen LogP contribution in [0.4, 0.5) is 0 Å². The lowest BCUT2D eigenvalue weighted by Crippen LogP contribution is -2.33. The molecule has 12 N–H and O–H groups in total. The van der Waals surface area contributed by atoms with Gasteiger partial charge in [0, 0.05) is 129 Å². The van der Waals surface area contributed by atoms with E-state index in [0.29, 0.717) is 86.5 Å². The number of carbonyl (C=O) groups is 6. The van der Waals surface area contributed by atoms with Gasteiger partial charge in [-0.1, -0.05) is 79.7 Å². The van der Waals surface area contributed by atoms with E-state index >= 15 is 0 Å². The third kappa shape index (κ3) is 16.4. The minimum absolute atomic E-state index is 0.0564. The van der Waals surface area contributed by atoms with E-state index in [0.717, 1.165) is 147 Å². The Bertz CT molecular complexity index is 4720. The number of rotatable bonds is 24. The molecule has 22 nitrogen and oxygen atoms in total. The highest BCUT2D eigenvalue weighted by Gasteiger charge is 2.37. The fraction of sp³-hybridized carbons (Fsp3) is 0.425. The summed E-state index contributed by atoms with van der Waals surface area (Å²) in [6.45, 7) is 37.0. The number of unbranched alkanes of at least 4 members (excludes halogenated alkanes) is 2. The number of cyclic esters (lactones) is 2. The Morgan fingerprint density at radius 1 is 0.578 bits per heavy atom. The van der Waals surface area contributed by atoms with Crippen molar-refractivity contribution in [3.63, 3.8) is 0 Å². The number of carboxylic acid groups (broad SMARTS) is 3. The van der Waals surface area contributed by atoms with Crippen molar-refractivity contribution >= 4 is 102 Å². The number of aromatic nitrogens is 8. The number of nitrogens with two attached hydrogens (primary N) is 1. The van der Waals surface area contributed by atoms with Gasteiger partial charge in [-0.05, 0) is 174 Å². The number of carbonyl (C=O) groups excluding carboxylic acids is 3. The lowest BCUT2D eigenvalue weighted by Gasteiger charge is -2.17. The van der Waals surface area contributed by atoms with Crippen LogP contribution in [0.25, 0.3) is 66.4 Å². The number of fused-ring (bicyclic) bond motifs is 16. The van der Waals surface area contributed by atoms with E-state index in [4.69, 9.17) is 30.4 Å². The van der Waals surface area contributed by atoms with Gasteiger partial charge in [-0.2, -0.15) is 0 Å². The molecular formula is C80H100N12O10. The Morgan fingerprint density at radius 3 is 1.54 bits per heavy atom. The average molecular weight is 1390 g/mol. The van der Waals surface area contributed by atoms with Crippen molar-refractivity contribution in [2.24, 2.45) is 5.73 Å². The quantitative estimate of drug-likeness (QED) is 0.0152. The molecule has 5 aliphatic rings. The highest BCUT2D eigenvalue weighted by atomic mass is 16.6. The molecule has 0 unspecified atom stereocenters. The second-order valence-corrected chi connectivity index (χ2v) is 27.0. The third-order valence-electron chi connectivity index (χ3n) is 20.5. The first-order valence-electron chi connectivity index (χ1n) is 35.8. The van der Waals surface area contributed by atoms with E-state index < -0.39 is 29.8 Å². The van der Waals surface area contributed by atoms with Crippen LogP contribution < -0.4 is 21.7 Å². The summed E-state index contributed by atoms with van der Waals surface area (Å²) >= 11 is 0. The van der Waals surface area contributed by atoms with Crippen LogP contribution in [0.5, 0.6) is 0 Å². The minimum atomic E-state index is -1.13. The van der Waals surface area contributed by atoms with Crippen molar-refractivity contribution in [1.29, 1.82) is 0 Å². The monoisotopic (exact) mass is 1390 g/mol. The molecule has 4 atom stereocenters. The van der Waals surface area contributed by atoms with Gasteiger partial charge in [-0.15, -0.1) is 0 Å². The number of hydrogen-bond donors (Lipinski definition) is 11. The van der Waals surface area contributed by atoms with Gasteiger partial charge in [0.2, 0.25) is 5.91 Å². The van der Waals surface area contributed by atoms with Crippen LogP contribution in [0.15, 0.2) is 61.7 Å². The van der Waals surface area contributed by atoms with Crippen molar-refractivity contribution < 1.29 is 48.8 Å². The lowest BCUT2D eigenvalue weighted by atomic mass is 9.85. The fourth-order valence-electron chi connectivity index (χ4n) is 14.6. The molecule has 22 heteroatoms. The highest BCUT2D eigenvalue weighted by molar-refractivity contribution is 6.09. The van der Waals surface area contributed by atoms with E-state index in [9.17, 15) is 44.1 Å². The summed E-state index contributed by atoms with van der Waals surface area (Å²) < 4.78 is 5.23. The van der Waals surface area contributed by atoms with E-state index in [-0.39, 0.29) is 67.2 Å². The summed E-state index contributed by atoms with van der Waals surface area (Å²) in [6, 6.07) is 11.8. The number of allylic oxidation sites excluding steroid dienone is 6. The summed E-state index contributed by atoms with van der Waals surface area (Å²) in [5.41, 5.74) is 27.1. The number of H-pyrrole nitrogens is 4. The number of nitrogens with zero attached hydrogens (tertiary/aromatic N) is 4. The molecule has 0 fully saturated rings. The molecule has 11 heterocycles. The molecule has 0 aromatic carbocycles. The molecule has 0 saturated heterocycles. The maximum atomic E-state index is 13.7. The smallest absolute Gasteiger partial charge is 0.348 e. The fourth-order valence-corrected chi connectivity index (χ4v) is 14.6. The molecule has 6 aromatic heterocycles. The molecule has 6 aromatic rings. The van der Waals surface area contributed by atoms with Crippen LogP contribution in [0.2, 0.25) is 0 Å². The predicted octanol–water partition coefficient (Wildman–Crippen LogP) is 14.0. The molecule has 0 saturated carbocycles. The summed E-state index contributed by atoms with van der Waals surface area (Å²) in [6.07, 6.45) is 9.88. The number of aromatic carboxylic acids is 1. The Balaban J connectivity index is 0.000000216. The number of aryl methyl sites for hydroxylation is 6. The first-order chi connectivity index (χ1) is 48.8. The maximum absolute atomic E-state index is 13.7. The molecule has 540 valence electrons. The maximum Gasteiger partial charge on any atom is 0.348 e. The molecule has 0 spiro atoms. The number of nitrogens with one attached hydrogen (secondary N) is 7. The number of aromatic amines is 4. The second-order valence-electron chi connectivity index (χ2n) is 27.0. The lowest BCUT2D eigenvalue weighted by molar-refractivity contribution is -0.138. The normalized spacial score (nSPS) is 16.2. The Kier molecular flexibility index (Phi) is 25.2. The Labute approximate surface area is 595 Å². The standard InChI is InChI=1S/C40H50N6O5.C34H34N4O5.C6H16N2/c1-8-11-14-41-15-16-42-35(47)17-28-38-27(12-13-36(48)49)23(6)31(45-38)18-29-21(4)25(9-2)33(43-29)19-30-22(5)26(10-3)34(44-30)20-32-24(7)37(40(50)51)39(28)46-32;1-7-19-15(3)23-12-25-17(5)21(9-10-29(39)40)32(37-25)22-11-30(41)43-34(42)31-18(6)26(38-33(22)31)14-28-20(8-2)16(4)24(36-28)13-27(19)35-23;1-2-3-5-8-6-4-7/h9,18-20,23,27,41,44,46H,2,8,10-17H2,1,3-7H3,(H,42,47)(H,48,49)(H,50,51);7,12-14,17,21,36,38H,1,8-11H2,2-6H3,(H,39,40);8H,2-7H2,1H3/t23-,27-;17-,21-;/m00./s1. The molecular weight excluding hydrogens is 1290 g/mol. The van der Waals surface area contributed by atoms with Gasteiger partial charge in [-0.25, -0.2) is 19.6 Å². The number of hydrogen-bond acceptors (Lipinski definition) is 14. The second kappa shape index (κ2) is 33.7. The summed E-state index contributed by atoms with van der Waals surface area (Å²) in [7, 11) is 0. The predicted molar refractivity (Wildman–Crippen MR) is 404 cm³/mol. The van der Waals surface area contributed by atoms with Gasteiger partial charge in [0.1, 0.15) is 0 Å². The highest BCUT2D eigenvalue weighted by Crippen LogP contribution is 2.46. The van der Waals surface area contributed by atoms with Crippen molar-refractivity contribution in [2.75, 3.05) is 39.3 Å². The van der Waals surface area contributed by atoms with E-state index in [1.165, 1.54) is 12.8 Å². The van der Waals surface area contributed by atoms with Crippen LogP contribution in [-0.4, -0.2) is 130 Å².